The molecule has 1 aromatic carbocycles. The summed E-state index contributed by atoms with van der Waals surface area (Å²) in [6.07, 6.45) is -4.93. The van der Waals surface area contributed by atoms with Gasteiger partial charge in [0.15, 0.2) is 15.8 Å². The van der Waals surface area contributed by atoms with Crippen LogP contribution in [0.25, 0.3) is 0 Å². The first-order valence-electron chi connectivity index (χ1n) is 7.18. The van der Waals surface area contributed by atoms with Crippen LogP contribution in [-0.2, 0) is 27.3 Å². The lowest BCUT2D eigenvalue weighted by Gasteiger charge is -2.23. The normalized spacial score (nSPS) is 20.6. The standard InChI is InChI=1S/C14H18F3N3O3S.HI/c15-14(16,17)11-3-1-2-10(6-11)7-19-13(18)20-8-12-9-24(21,22)5-4-23-12;/h1-3,6,12H,4-5,7-9H2,(H3,18,19,20);1H. The van der Waals surface area contributed by atoms with Gasteiger partial charge in [-0.3, -0.25) is 0 Å². The number of guanidine groups is 1. The molecular weight excluding hydrogens is 474 g/mol. The summed E-state index contributed by atoms with van der Waals surface area (Å²) in [6, 6.07) is 4.81. The molecule has 11 heteroatoms. The minimum Gasteiger partial charge on any atom is -0.374 e. The molecule has 0 radical (unpaired) electrons. The maximum absolute atomic E-state index is 12.6. The number of nitrogens with zero attached hydrogens (tertiary/aromatic N) is 1. The molecule has 0 saturated carbocycles. The van der Waals surface area contributed by atoms with Crippen molar-refractivity contribution in [1.29, 1.82) is 0 Å². The van der Waals surface area contributed by atoms with Crippen molar-refractivity contribution in [3.05, 3.63) is 35.4 Å². The highest BCUT2D eigenvalue weighted by atomic mass is 127. The van der Waals surface area contributed by atoms with E-state index in [0.29, 0.717) is 5.56 Å². The molecule has 1 fully saturated rings. The Hall–Kier alpha value is -1.08. The summed E-state index contributed by atoms with van der Waals surface area (Å²) < 4.78 is 66.1. The molecule has 0 spiro atoms. The van der Waals surface area contributed by atoms with Crippen LogP contribution in [0.15, 0.2) is 29.3 Å². The van der Waals surface area contributed by atoms with Crippen LogP contribution in [0.4, 0.5) is 13.2 Å². The first-order valence-corrected chi connectivity index (χ1v) is 9.00. The SMILES string of the molecule is I.NC(=NCc1cccc(C(F)(F)F)c1)NCC1CS(=O)(=O)CCO1. The van der Waals surface area contributed by atoms with Gasteiger partial charge in [-0.1, -0.05) is 12.1 Å². The van der Waals surface area contributed by atoms with E-state index < -0.39 is 27.7 Å². The van der Waals surface area contributed by atoms with Gasteiger partial charge in [0.25, 0.3) is 0 Å². The summed E-state index contributed by atoms with van der Waals surface area (Å²) in [5.74, 6) is -0.0808. The van der Waals surface area contributed by atoms with Crippen molar-refractivity contribution in [2.75, 3.05) is 24.7 Å². The van der Waals surface area contributed by atoms with Gasteiger partial charge in [0.05, 0.1) is 36.3 Å². The Morgan fingerprint density at radius 1 is 1.40 bits per heavy atom. The monoisotopic (exact) mass is 493 g/mol. The highest BCUT2D eigenvalue weighted by Crippen LogP contribution is 2.29. The molecule has 2 rings (SSSR count). The van der Waals surface area contributed by atoms with E-state index in [1.54, 1.807) is 0 Å². The third-order valence-corrected chi connectivity index (χ3v) is 5.05. The Labute approximate surface area is 161 Å². The zero-order chi connectivity index (χ0) is 17.8. The fraction of sp³-hybridized carbons (Fsp3) is 0.500. The number of sulfone groups is 1. The van der Waals surface area contributed by atoms with Crippen LogP contribution in [0, 0.1) is 0 Å². The molecule has 0 amide bonds. The molecule has 0 bridgehead atoms. The molecule has 1 heterocycles. The Morgan fingerprint density at radius 3 is 2.76 bits per heavy atom. The molecule has 1 unspecified atom stereocenters. The molecule has 1 aliphatic rings. The molecule has 1 saturated heterocycles. The van der Waals surface area contributed by atoms with Gasteiger partial charge in [0.1, 0.15) is 0 Å². The Morgan fingerprint density at radius 2 is 2.12 bits per heavy atom. The Bertz CT molecular complexity index is 711. The number of halogens is 4. The lowest BCUT2D eigenvalue weighted by atomic mass is 10.1. The van der Waals surface area contributed by atoms with Gasteiger partial charge in [-0.05, 0) is 17.7 Å². The molecule has 6 nitrogen and oxygen atoms in total. The van der Waals surface area contributed by atoms with E-state index in [9.17, 15) is 21.6 Å². The summed E-state index contributed by atoms with van der Waals surface area (Å²) in [7, 11) is -3.11. The maximum atomic E-state index is 12.6. The predicted molar refractivity (Wildman–Crippen MR) is 98.6 cm³/mol. The minimum absolute atomic E-state index is 0. The van der Waals surface area contributed by atoms with Crippen LogP contribution in [-0.4, -0.2) is 45.1 Å². The predicted octanol–water partition coefficient (Wildman–Crippen LogP) is 1.54. The highest BCUT2D eigenvalue weighted by Gasteiger charge is 2.30. The summed E-state index contributed by atoms with van der Waals surface area (Å²) in [4.78, 5) is 3.95. The Balaban J connectivity index is 0.00000312. The summed E-state index contributed by atoms with van der Waals surface area (Å²) in [5.41, 5.74) is 5.26. The molecule has 1 aromatic rings. The van der Waals surface area contributed by atoms with Gasteiger partial charge >= 0.3 is 6.18 Å². The van der Waals surface area contributed by atoms with Crippen LogP contribution in [0.5, 0.6) is 0 Å². The van der Waals surface area contributed by atoms with Gasteiger partial charge < -0.3 is 15.8 Å². The molecule has 0 aliphatic carbocycles. The summed E-state index contributed by atoms with van der Waals surface area (Å²) >= 11 is 0. The second-order valence-corrected chi connectivity index (χ2v) is 7.62. The van der Waals surface area contributed by atoms with Crippen molar-refractivity contribution in [2.24, 2.45) is 10.7 Å². The van der Waals surface area contributed by atoms with Crippen LogP contribution < -0.4 is 11.1 Å². The lowest BCUT2D eigenvalue weighted by Crippen LogP contribution is -2.44. The first kappa shape index (κ1) is 22.0. The number of ether oxygens (including phenoxy) is 1. The maximum Gasteiger partial charge on any atom is 0.416 e. The average molecular weight is 493 g/mol. The number of hydrogen-bond acceptors (Lipinski definition) is 4. The fourth-order valence-electron chi connectivity index (χ4n) is 2.17. The van der Waals surface area contributed by atoms with E-state index in [2.05, 4.69) is 10.3 Å². The topological polar surface area (TPSA) is 93.8 Å². The zero-order valence-electron chi connectivity index (χ0n) is 13.1. The summed E-state index contributed by atoms with van der Waals surface area (Å²) in [5, 5.41) is 2.72. The van der Waals surface area contributed by atoms with Crippen LogP contribution in [0.3, 0.4) is 0 Å². The quantitative estimate of drug-likeness (QED) is 0.377. The van der Waals surface area contributed by atoms with E-state index in [0.717, 1.165) is 12.1 Å². The van der Waals surface area contributed by atoms with Crippen LogP contribution in [0.1, 0.15) is 11.1 Å². The molecule has 1 aliphatic heterocycles. The van der Waals surface area contributed by atoms with Gasteiger partial charge in [-0.15, -0.1) is 24.0 Å². The van der Waals surface area contributed by atoms with Crippen molar-refractivity contribution in [3.8, 4) is 0 Å². The zero-order valence-corrected chi connectivity index (χ0v) is 16.3. The van der Waals surface area contributed by atoms with E-state index in [1.807, 2.05) is 0 Å². The van der Waals surface area contributed by atoms with Crippen LogP contribution in [0.2, 0.25) is 0 Å². The molecule has 0 aromatic heterocycles. The molecule has 1 atom stereocenters. The van der Waals surface area contributed by atoms with Crippen molar-refractivity contribution in [2.45, 2.75) is 18.8 Å². The molecule has 25 heavy (non-hydrogen) atoms. The average Bonchev–Trinajstić information content (AvgIpc) is 2.49. The largest absolute Gasteiger partial charge is 0.416 e. The first-order chi connectivity index (χ1) is 11.2. The fourth-order valence-corrected chi connectivity index (χ4v) is 3.47. The smallest absolute Gasteiger partial charge is 0.374 e. The summed E-state index contributed by atoms with van der Waals surface area (Å²) in [6.45, 7) is 0.277. The number of hydrogen-bond donors (Lipinski definition) is 2. The third kappa shape index (κ3) is 7.36. The molecule has 142 valence electrons. The number of rotatable bonds is 4. The van der Waals surface area contributed by atoms with Gasteiger partial charge in [0, 0.05) is 6.54 Å². The van der Waals surface area contributed by atoms with Crippen molar-refractivity contribution in [1.82, 2.24) is 5.32 Å². The molecular formula is C14H19F3IN3O3S. The number of benzene rings is 1. The molecule has 3 N–H and O–H groups in total. The van der Waals surface area contributed by atoms with Gasteiger partial charge in [0.2, 0.25) is 0 Å². The minimum atomic E-state index is -4.41. The van der Waals surface area contributed by atoms with E-state index in [4.69, 9.17) is 10.5 Å². The number of nitrogens with one attached hydrogen (secondary N) is 1. The van der Waals surface area contributed by atoms with Crippen molar-refractivity contribution in [3.63, 3.8) is 0 Å². The van der Waals surface area contributed by atoms with E-state index >= 15 is 0 Å². The third-order valence-electron chi connectivity index (χ3n) is 3.38. The van der Waals surface area contributed by atoms with Gasteiger partial charge in [-0.2, -0.15) is 13.2 Å². The van der Waals surface area contributed by atoms with Crippen molar-refractivity contribution >= 4 is 39.8 Å². The Kier molecular flexibility index (Phi) is 7.93. The van der Waals surface area contributed by atoms with Crippen molar-refractivity contribution < 1.29 is 26.3 Å². The van der Waals surface area contributed by atoms with Gasteiger partial charge in [-0.25, -0.2) is 13.4 Å². The number of alkyl halides is 3. The van der Waals surface area contributed by atoms with Crippen LogP contribution >= 0.6 is 24.0 Å². The number of nitrogens with two attached hydrogens (primary N) is 1. The van der Waals surface area contributed by atoms with E-state index in [-0.39, 0.29) is 61.1 Å². The second-order valence-electron chi connectivity index (χ2n) is 5.39. The van der Waals surface area contributed by atoms with E-state index in [1.165, 1.54) is 12.1 Å². The number of aliphatic imine (C=N–C) groups is 1. The second kappa shape index (κ2) is 9.03. The highest BCUT2D eigenvalue weighted by molar-refractivity contribution is 14.0. The lowest BCUT2D eigenvalue weighted by molar-refractivity contribution is -0.137.